The Morgan fingerprint density at radius 1 is 1.18 bits per heavy atom. The molecule has 0 radical (unpaired) electrons. The van der Waals surface area contributed by atoms with Crippen LogP contribution < -0.4 is 4.74 Å². The van der Waals surface area contributed by atoms with E-state index >= 15 is 0 Å². The minimum absolute atomic E-state index is 0.00668. The Morgan fingerprint density at radius 3 is 2.64 bits per heavy atom. The number of benzene rings is 1. The Kier molecular flexibility index (Phi) is 7.53. The smallest absolute Gasteiger partial charge is 0.330 e. The summed E-state index contributed by atoms with van der Waals surface area (Å²) in [5.74, 6) is -0.309. The number of phenols is 1. The Hall–Kier alpha value is -2.50. The third-order valence-electron chi connectivity index (χ3n) is 2.89. The number of aromatic hydroxyl groups is 1. The number of unbranched alkanes of at least 4 members (excludes halogenated alkanes) is 1. The molecule has 120 valence electrons. The number of esters is 2. The van der Waals surface area contributed by atoms with Crippen LogP contribution in [0, 0.1) is 0 Å². The van der Waals surface area contributed by atoms with E-state index in [4.69, 9.17) is 4.74 Å². The second kappa shape index (κ2) is 9.44. The molecule has 0 aliphatic rings. The molecule has 0 atom stereocenters. The van der Waals surface area contributed by atoms with E-state index in [1.807, 2.05) is 0 Å². The zero-order chi connectivity index (χ0) is 16.4. The van der Waals surface area contributed by atoms with Crippen molar-refractivity contribution in [3.8, 4) is 11.5 Å². The first-order valence-electron chi connectivity index (χ1n) is 6.86. The van der Waals surface area contributed by atoms with Gasteiger partial charge in [0.05, 0.1) is 26.4 Å². The molecule has 22 heavy (non-hydrogen) atoms. The molecule has 0 spiro atoms. The van der Waals surface area contributed by atoms with E-state index in [-0.39, 0.29) is 11.7 Å². The van der Waals surface area contributed by atoms with Crippen molar-refractivity contribution in [2.75, 3.05) is 20.8 Å². The summed E-state index contributed by atoms with van der Waals surface area (Å²) >= 11 is 0. The standard InChI is InChI=1S/C16H20O6/c1-20-15(18)8-3-4-11-22-14-7-5-6-13(17)12(14)9-10-16(19)21-2/h5-7,9-10,17H,3-4,8,11H2,1-2H3/b10-9+. The molecule has 0 aliphatic carbocycles. The summed E-state index contributed by atoms with van der Waals surface area (Å²) in [6.45, 7) is 0.388. The Balaban J connectivity index is 2.59. The van der Waals surface area contributed by atoms with Gasteiger partial charge in [0, 0.05) is 12.5 Å². The second-order valence-electron chi connectivity index (χ2n) is 4.43. The van der Waals surface area contributed by atoms with Gasteiger partial charge in [-0.1, -0.05) is 6.07 Å². The average Bonchev–Trinajstić information content (AvgIpc) is 2.53. The lowest BCUT2D eigenvalue weighted by atomic mass is 10.1. The van der Waals surface area contributed by atoms with E-state index in [2.05, 4.69) is 9.47 Å². The minimum atomic E-state index is -0.521. The maximum atomic E-state index is 11.1. The van der Waals surface area contributed by atoms with Crippen molar-refractivity contribution in [1.82, 2.24) is 0 Å². The van der Waals surface area contributed by atoms with Gasteiger partial charge in [-0.25, -0.2) is 4.79 Å². The van der Waals surface area contributed by atoms with Crippen molar-refractivity contribution in [2.24, 2.45) is 0 Å². The first kappa shape index (κ1) is 17.6. The molecule has 1 aromatic carbocycles. The molecule has 1 aromatic rings. The van der Waals surface area contributed by atoms with Crippen LogP contribution in [0.4, 0.5) is 0 Å². The second-order valence-corrected chi connectivity index (χ2v) is 4.43. The van der Waals surface area contributed by atoms with Gasteiger partial charge < -0.3 is 19.3 Å². The van der Waals surface area contributed by atoms with Crippen molar-refractivity contribution < 1.29 is 28.9 Å². The number of carbonyl (C=O) groups excluding carboxylic acids is 2. The van der Waals surface area contributed by atoms with Crippen LogP contribution in [0.2, 0.25) is 0 Å². The van der Waals surface area contributed by atoms with E-state index in [9.17, 15) is 14.7 Å². The maximum absolute atomic E-state index is 11.1. The molecular weight excluding hydrogens is 288 g/mol. The highest BCUT2D eigenvalue weighted by atomic mass is 16.5. The van der Waals surface area contributed by atoms with Gasteiger partial charge in [-0.3, -0.25) is 4.79 Å². The lowest BCUT2D eigenvalue weighted by Crippen LogP contribution is -2.03. The highest BCUT2D eigenvalue weighted by molar-refractivity contribution is 5.88. The predicted octanol–water partition coefficient (Wildman–Crippen LogP) is 2.30. The molecule has 1 rings (SSSR count). The monoisotopic (exact) mass is 308 g/mol. The van der Waals surface area contributed by atoms with Crippen molar-refractivity contribution in [3.05, 3.63) is 29.8 Å². The van der Waals surface area contributed by atoms with Crippen LogP contribution >= 0.6 is 0 Å². The van der Waals surface area contributed by atoms with Gasteiger partial charge in [0.1, 0.15) is 11.5 Å². The quantitative estimate of drug-likeness (QED) is 0.451. The zero-order valence-corrected chi connectivity index (χ0v) is 12.7. The van der Waals surface area contributed by atoms with E-state index in [0.717, 1.165) is 0 Å². The largest absolute Gasteiger partial charge is 0.507 e. The fourth-order valence-electron chi connectivity index (χ4n) is 1.70. The van der Waals surface area contributed by atoms with Crippen LogP contribution in [-0.2, 0) is 19.1 Å². The normalized spacial score (nSPS) is 10.5. The first-order chi connectivity index (χ1) is 10.6. The lowest BCUT2D eigenvalue weighted by Gasteiger charge is -2.10. The SMILES string of the molecule is COC(=O)/C=C/c1c(O)cccc1OCCCCC(=O)OC. The highest BCUT2D eigenvalue weighted by Crippen LogP contribution is 2.29. The van der Waals surface area contributed by atoms with Gasteiger partial charge in [-0.2, -0.15) is 0 Å². The first-order valence-corrected chi connectivity index (χ1v) is 6.86. The van der Waals surface area contributed by atoms with E-state index in [0.29, 0.717) is 37.2 Å². The summed E-state index contributed by atoms with van der Waals surface area (Å²) in [7, 11) is 2.63. The van der Waals surface area contributed by atoms with Crippen molar-refractivity contribution in [1.29, 1.82) is 0 Å². The highest BCUT2D eigenvalue weighted by Gasteiger charge is 2.07. The number of hydrogen-bond acceptors (Lipinski definition) is 6. The Morgan fingerprint density at radius 2 is 1.95 bits per heavy atom. The summed E-state index contributed by atoms with van der Waals surface area (Å²) in [6, 6.07) is 4.84. The van der Waals surface area contributed by atoms with Gasteiger partial charge in [-0.05, 0) is 31.1 Å². The fourth-order valence-corrected chi connectivity index (χ4v) is 1.70. The zero-order valence-electron chi connectivity index (χ0n) is 12.7. The molecule has 0 saturated heterocycles. The van der Waals surface area contributed by atoms with Crippen LogP contribution in [-0.4, -0.2) is 37.9 Å². The van der Waals surface area contributed by atoms with Gasteiger partial charge in [0.15, 0.2) is 0 Å². The Bertz CT molecular complexity index is 535. The van der Waals surface area contributed by atoms with Gasteiger partial charge in [0.25, 0.3) is 0 Å². The summed E-state index contributed by atoms with van der Waals surface area (Å²) in [4.78, 5) is 22.1. The molecule has 0 amide bonds. The topological polar surface area (TPSA) is 82.1 Å². The van der Waals surface area contributed by atoms with Crippen LogP contribution in [0.1, 0.15) is 24.8 Å². The predicted molar refractivity (Wildman–Crippen MR) is 80.5 cm³/mol. The summed E-state index contributed by atoms with van der Waals surface area (Å²) in [6.07, 6.45) is 4.31. The van der Waals surface area contributed by atoms with Crippen LogP contribution in [0.25, 0.3) is 6.08 Å². The molecule has 0 bridgehead atoms. The van der Waals surface area contributed by atoms with Crippen molar-refractivity contribution in [2.45, 2.75) is 19.3 Å². The van der Waals surface area contributed by atoms with E-state index < -0.39 is 5.97 Å². The van der Waals surface area contributed by atoms with Crippen molar-refractivity contribution in [3.63, 3.8) is 0 Å². The number of methoxy groups -OCH3 is 2. The molecule has 0 fully saturated rings. The third kappa shape index (κ3) is 5.87. The van der Waals surface area contributed by atoms with E-state index in [1.165, 1.54) is 32.4 Å². The fraction of sp³-hybridized carbons (Fsp3) is 0.375. The molecule has 1 N–H and O–H groups in total. The van der Waals surface area contributed by atoms with Crippen LogP contribution in [0.5, 0.6) is 11.5 Å². The third-order valence-corrected chi connectivity index (χ3v) is 2.89. The van der Waals surface area contributed by atoms with Crippen LogP contribution in [0.15, 0.2) is 24.3 Å². The molecule has 6 heteroatoms. The molecule has 0 heterocycles. The Labute approximate surface area is 129 Å². The molecule has 6 nitrogen and oxygen atoms in total. The van der Waals surface area contributed by atoms with Gasteiger partial charge >= 0.3 is 11.9 Å². The molecule has 0 unspecified atom stereocenters. The van der Waals surface area contributed by atoms with Crippen LogP contribution in [0.3, 0.4) is 0 Å². The number of hydrogen-bond donors (Lipinski definition) is 1. The van der Waals surface area contributed by atoms with E-state index in [1.54, 1.807) is 12.1 Å². The molecule has 0 aliphatic heterocycles. The molecule has 0 saturated carbocycles. The number of carbonyl (C=O) groups is 2. The number of rotatable bonds is 8. The van der Waals surface area contributed by atoms with Gasteiger partial charge in [-0.15, -0.1) is 0 Å². The number of ether oxygens (including phenoxy) is 3. The maximum Gasteiger partial charge on any atom is 0.330 e. The number of phenolic OH excluding ortho intramolecular Hbond substituents is 1. The lowest BCUT2D eigenvalue weighted by molar-refractivity contribution is -0.140. The van der Waals surface area contributed by atoms with Gasteiger partial charge in [0.2, 0.25) is 0 Å². The molecular formula is C16H20O6. The summed E-state index contributed by atoms with van der Waals surface area (Å²) < 4.78 is 14.6. The van der Waals surface area contributed by atoms with Crippen molar-refractivity contribution >= 4 is 18.0 Å². The minimum Gasteiger partial charge on any atom is -0.507 e. The summed E-state index contributed by atoms with van der Waals surface area (Å²) in [5.41, 5.74) is 0.404. The molecule has 0 aromatic heterocycles. The average molecular weight is 308 g/mol. The summed E-state index contributed by atoms with van der Waals surface area (Å²) in [5, 5.41) is 9.84.